The number of hydrogen-bond donors (Lipinski definition) is 2. The fraction of sp³-hybridized carbons (Fsp3) is 0.471. The molecule has 1 aromatic heterocycles. The number of carbonyl (C=O) groups is 1. The Morgan fingerprint density at radius 3 is 2.95 bits per heavy atom. The number of H-pyrrole nitrogens is 1. The highest BCUT2D eigenvalue weighted by molar-refractivity contribution is 5.83. The number of hydrogen-bond acceptors (Lipinski definition) is 2. The highest BCUT2D eigenvalue weighted by Crippen LogP contribution is 2.17. The van der Waals surface area contributed by atoms with Gasteiger partial charge in [-0.15, -0.1) is 0 Å². The lowest BCUT2D eigenvalue weighted by Gasteiger charge is -2.16. The van der Waals surface area contributed by atoms with Gasteiger partial charge < -0.3 is 15.2 Å². The van der Waals surface area contributed by atoms with E-state index in [1.165, 1.54) is 16.5 Å². The molecule has 1 heterocycles. The molecule has 1 amide bonds. The molecule has 4 heteroatoms. The first-order chi connectivity index (χ1) is 10.2. The number of aromatic nitrogens is 1. The minimum Gasteiger partial charge on any atom is -0.361 e. The summed E-state index contributed by atoms with van der Waals surface area (Å²) < 4.78 is 0. The molecule has 0 aliphatic heterocycles. The van der Waals surface area contributed by atoms with Gasteiger partial charge in [0.1, 0.15) is 0 Å². The Kier molecular flexibility index (Phi) is 5.81. The number of nitrogens with one attached hydrogen (secondary N) is 2. The SMILES string of the molecule is CCCCN(C)C(=O)CNCCc1c[nH]c2ccccc12. The summed E-state index contributed by atoms with van der Waals surface area (Å²) in [5, 5.41) is 4.51. The highest BCUT2D eigenvalue weighted by Gasteiger charge is 2.07. The molecular weight excluding hydrogens is 262 g/mol. The van der Waals surface area contributed by atoms with E-state index in [-0.39, 0.29) is 5.91 Å². The number of amides is 1. The van der Waals surface area contributed by atoms with Crippen molar-refractivity contribution in [3.05, 3.63) is 36.0 Å². The van der Waals surface area contributed by atoms with Crippen molar-refractivity contribution in [2.24, 2.45) is 0 Å². The van der Waals surface area contributed by atoms with E-state index >= 15 is 0 Å². The van der Waals surface area contributed by atoms with Gasteiger partial charge in [0.2, 0.25) is 5.91 Å². The minimum absolute atomic E-state index is 0.169. The maximum atomic E-state index is 11.9. The molecule has 1 aromatic carbocycles. The number of carbonyl (C=O) groups excluding carboxylic acids is 1. The summed E-state index contributed by atoms with van der Waals surface area (Å²) in [7, 11) is 1.87. The van der Waals surface area contributed by atoms with E-state index in [4.69, 9.17) is 0 Å². The number of rotatable bonds is 8. The van der Waals surface area contributed by atoms with E-state index in [0.29, 0.717) is 6.54 Å². The van der Waals surface area contributed by atoms with Crippen molar-refractivity contribution in [3.8, 4) is 0 Å². The molecule has 0 aliphatic rings. The van der Waals surface area contributed by atoms with Crippen LogP contribution in [0.5, 0.6) is 0 Å². The quantitative estimate of drug-likeness (QED) is 0.733. The smallest absolute Gasteiger partial charge is 0.236 e. The number of aromatic amines is 1. The van der Waals surface area contributed by atoms with Gasteiger partial charge in [0.05, 0.1) is 6.54 Å². The number of likely N-dealkylation sites (N-methyl/N-ethyl adjacent to an activating group) is 1. The van der Waals surface area contributed by atoms with Gasteiger partial charge in [0.25, 0.3) is 0 Å². The Morgan fingerprint density at radius 2 is 2.14 bits per heavy atom. The van der Waals surface area contributed by atoms with Gasteiger partial charge in [-0.05, 0) is 31.0 Å². The maximum absolute atomic E-state index is 11.9. The molecular formula is C17H25N3O. The number of nitrogens with zero attached hydrogens (tertiary/aromatic N) is 1. The number of unbranched alkanes of at least 4 members (excludes halogenated alkanes) is 1. The summed E-state index contributed by atoms with van der Waals surface area (Å²) in [4.78, 5) is 17.0. The normalized spacial score (nSPS) is 11.0. The van der Waals surface area contributed by atoms with Gasteiger partial charge in [0.15, 0.2) is 0 Å². The molecule has 0 atom stereocenters. The van der Waals surface area contributed by atoms with Crippen LogP contribution in [0, 0.1) is 0 Å². The molecule has 0 bridgehead atoms. The molecule has 114 valence electrons. The summed E-state index contributed by atoms with van der Waals surface area (Å²) >= 11 is 0. The van der Waals surface area contributed by atoms with Crippen LogP contribution in [-0.4, -0.2) is 42.5 Å². The Labute approximate surface area is 126 Å². The first kappa shape index (κ1) is 15.6. The molecule has 2 N–H and O–H groups in total. The molecule has 2 aromatic rings. The minimum atomic E-state index is 0.169. The largest absolute Gasteiger partial charge is 0.361 e. The third-order valence-corrected chi connectivity index (χ3v) is 3.80. The van der Waals surface area contributed by atoms with E-state index < -0.39 is 0 Å². The van der Waals surface area contributed by atoms with Gasteiger partial charge in [-0.2, -0.15) is 0 Å². The molecule has 0 saturated carbocycles. The lowest BCUT2D eigenvalue weighted by atomic mass is 10.1. The Hall–Kier alpha value is -1.81. The monoisotopic (exact) mass is 287 g/mol. The van der Waals surface area contributed by atoms with Crippen LogP contribution in [0.1, 0.15) is 25.3 Å². The van der Waals surface area contributed by atoms with Gasteiger partial charge in [-0.1, -0.05) is 31.5 Å². The van der Waals surface area contributed by atoms with Crippen LogP contribution in [0.3, 0.4) is 0 Å². The number of para-hydroxylation sites is 1. The highest BCUT2D eigenvalue weighted by atomic mass is 16.2. The van der Waals surface area contributed by atoms with Crippen LogP contribution in [0.4, 0.5) is 0 Å². The van der Waals surface area contributed by atoms with E-state index in [9.17, 15) is 4.79 Å². The van der Waals surface area contributed by atoms with Crippen molar-refractivity contribution < 1.29 is 4.79 Å². The Bertz CT molecular complexity index is 576. The van der Waals surface area contributed by atoms with Crippen LogP contribution in [0.25, 0.3) is 10.9 Å². The fourth-order valence-electron chi connectivity index (χ4n) is 2.41. The summed E-state index contributed by atoms with van der Waals surface area (Å²) in [5.74, 6) is 0.169. The maximum Gasteiger partial charge on any atom is 0.236 e. The Morgan fingerprint density at radius 1 is 1.33 bits per heavy atom. The molecule has 0 saturated heterocycles. The van der Waals surface area contributed by atoms with Crippen molar-refractivity contribution in [1.82, 2.24) is 15.2 Å². The zero-order valence-electron chi connectivity index (χ0n) is 13.0. The van der Waals surface area contributed by atoms with Crippen molar-refractivity contribution in [2.45, 2.75) is 26.2 Å². The van der Waals surface area contributed by atoms with Crippen molar-refractivity contribution >= 4 is 16.8 Å². The third-order valence-electron chi connectivity index (χ3n) is 3.80. The molecule has 0 radical (unpaired) electrons. The van der Waals surface area contributed by atoms with Crippen molar-refractivity contribution in [1.29, 1.82) is 0 Å². The molecule has 0 unspecified atom stereocenters. The molecule has 0 spiro atoms. The van der Waals surface area contributed by atoms with E-state index in [2.05, 4.69) is 41.6 Å². The Balaban J connectivity index is 1.73. The number of benzene rings is 1. The molecule has 2 rings (SSSR count). The van der Waals surface area contributed by atoms with Crippen LogP contribution >= 0.6 is 0 Å². The average Bonchev–Trinajstić information content (AvgIpc) is 2.92. The second kappa shape index (κ2) is 7.84. The third kappa shape index (κ3) is 4.33. The second-order valence-electron chi connectivity index (χ2n) is 5.46. The van der Waals surface area contributed by atoms with Gasteiger partial charge in [0, 0.05) is 30.7 Å². The first-order valence-corrected chi connectivity index (χ1v) is 7.72. The zero-order valence-corrected chi connectivity index (χ0v) is 13.0. The van der Waals surface area contributed by atoms with Gasteiger partial charge in [-0.25, -0.2) is 0 Å². The lowest BCUT2D eigenvalue weighted by molar-refractivity contribution is -0.129. The second-order valence-corrected chi connectivity index (χ2v) is 5.46. The van der Waals surface area contributed by atoms with E-state index in [0.717, 1.165) is 32.4 Å². The average molecular weight is 287 g/mol. The summed E-state index contributed by atoms with van der Waals surface area (Å²) in [5.41, 5.74) is 2.47. The number of fused-ring (bicyclic) bond motifs is 1. The molecule has 0 fully saturated rings. The lowest BCUT2D eigenvalue weighted by Crippen LogP contribution is -2.36. The first-order valence-electron chi connectivity index (χ1n) is 7.72. The molecule has 0 aliphatic carbocycles. The summed E-state index contributed by atoms with van der Waals surface area (Å²) in [6.07, 6.45) is 5.17. The van der Waals surface area contributed by atoms with E-state index in [1.807, 2.05) is 18.0 Å². The van der Waals surface area contributed by atoms with Crippen LogP contribution in [0.2, 0.25) is 0 Å². The predicted molar refractivity (Wildman–Crippen MR) is 87.4 cm³/mol. The fourth-order valence-corrected chi connectivity index (χ4v) is 2.41. The van der Waals surface area contributed by atoms with Crippen LogP contribution in [0.15, 0.2) is 30.5 Å². The van der Waals surface area contributed by atoms with Crippen molar-refractivity contribution in [2.75, 3.05) is 26.7 Å². The predicted octanol–water partition coefficient (Wildman–Crippen LogP) is 2.56. The van der Waals surface area contributed by atoms with Gasteiger partial charge in [-0.3, -0.25) is 4.79 Å². The topological polar surface area (TPSA) is 48.1 Å². The molecule has 21 heavy (non-hydrogen) atoms. The standard InChI is InChI=1S/C17H25N3O/c1-3-4-11-20(2)17(21)13-18-10-9-14-12-19-16-8-6-5-7-15(14)16/h5-8,12,18-19H,3-4,9-11,13H2,1-2H3. The van der Waals surface area contributed by atoms with Crippen LogP contribution < -0.4 is 5.32 Å². The van der Waals surface area contributed by atoms with Crippen molar-refractivity contribution in [3.63, 3.8) is 0 Å². The molecule has 4 nitrogen and oxygen atoms in total. The van der Waals surface area contributed by atoms with Gasteiger partial charge >= 0.3 is 0 Å². The van der Waals surface area contributed by atoms with Crippen LogP contribution in [-0.2, 0) is 11.2 Å². The zero-order chi connectivity index (χ0) is 15.1. The summed E-state index contributed by atoms with van der Waals surface area (Å²) in [6, 6.07) is 8.30. The summed E-state index contributed by atoms with van der Waals surface area (Å²) in [6.45, 7) is 4.22. The van der Waals surface area contributed by atoms with E-state index in [1.54, 1.807) is 0 Å².